The summed E-state index contributed by atoms with van der Waals surface area (Å²) in [5.41, 5.74) is 3.05. The van der Waals surface area contributed by atoms with Gasteiger partial charge in [-0.25, -0.2) is 0 Å². The number of amides is 1. The molecule has 0 saturated carbocycles. The fourth-order valence-corrected chi connectivity index (χ4v) is 3.19. The molecule has 1 aliphatic heterocycles. The molecular formula is C18H17N3O. The van der Waals surface area contributed by atoms with E-state index in [0.717, 1.165) is 25.0 Å². The molecule has 1 aromatic carbocycles. The molecule has 0 bridgehead atoms. The molecule has 2 aromatic heterocycles. The third-order valence-corrected chi connectivity index (χ3v) is 4.37. The van der Waals surface area contributed by atoms with E-state index in [0.29, 0.717) is 11.5 Å². The molecule has 3 aromatic rings. The fourth-order valence-electron chi connectivity index (χ4n) is 3.19. The zero-order chi connectivity index (χ0) is 14.9. The number of H-pyrrole nitrogens is 1. The first kappa shape index (κ1) is 13.1. The molecule has 4 nitrogen and oxygen atoms in total. The lowest BCUT2D eigenvalue weighted by Gasteiger charge is -2.16. The molecule has 4 heteroatoms. The molecule has 0 aliphatic carbocycles. The Hall–Kier alpha value is -2.62. The van der Waals surface area contributed by atoms with Crippen LogP contribution in [0, 0.1) is 0 Å². The van der Waals surface area contributed by atoms with Crippen molar-refractivity contribution in [1.82, 2.24) is 14.9 Å². The molecule has 3 heterocycles. The highest BCUT2D eigenvalue weighted by Crippen LogP contribution is 2.29. The van der Waals surface area contributed by atoms with Crippen molar-refractivity contribution in [2.75, 3.05) is 13.1 Å². The van der Waals surface area contributed by atoms with E-state index in [9.17, 15) is 4.79 Å². The molecule has 0 radical (unpaired) electrons. The Labute approximate surface area is 128 Å². The van der Waals surface area contributed by atoms with Gasteiger partial charge in [0, 0.05) is 42.6 Å². The van der Waals surface area contributed by atoms with Gasteiger partial charge in [0.25, 0.3) is 5.91 Å². The van der Waals surface area contributed by atoms with E-state index >= 15 is 0 Å². The zero-order valence-corrected chi connectivity index (χ0v) is 12.2. The summed E-state index contributed by atoms with van der Waals surface area (Å²) in [5, 5.41) is 1.23. The highest BCUT2D eigenvalue weighted by molar-refractivity contribution is 5.94. The number of carbonyl (C=O) groups excluding carboxylic acids is 1. The first-order chi connectivity index (χ1) is 10.8. The van der Waals surface area contributed by atoms with Gasteiger partial charge >= 0.3 is 0 Å². The van der Waals surface area contributed by atoms with Crippen LogP contribution in [0.3, 0.4) is 0 Å². The highest BCUT2D eigenvalue weighted by Gasteiger charge is 2.28. The molecule has 1 fully saturated rings. The summed E-state index contributed by atoms with van der Waals surface area (Å²) in [6, 6.07) is 14.1. The van der Waals surface area contributed by atoms with Gasteiger partial charge in [-0.1, -0.05) is 18.2 Å². The molecule has 1 saturated heterocycles. The SMILES string of the molecule is O=C(c1cccnc1)N1CCC(c2cc3ccccc3[nH]2)C1. The number of rotatable bonds is 2. The van der Waals surface area contributed by atoms with E-state index in [-0.39, 0.29) is 5.91 Å². The van der Waals surface area contributed by atoms with Gasteiger partial charge in [0.05, 0.1) is 5.56 Å². The number of hydrogen-bond acceptors (Lipinski definition) is 2. The molecular weight excluding hydrogens is 274 g/mol. The highest BCUT2D eigenvalue weighted by atomic mass is 16.2. The Morgan fingerprint density at radius 3 is 2.95 bits per heavy atom. The van der Waals surface area contributed by atoms with Crippen LogP contribution in [0.5, 0.6) is 0 Å². The quantitative estimate of drug-likeness (QED) is 0.788. The minimum Gasteiger partial charge on any atom is -0.358 e. The van der Waals surface area contributed by atoms with Crippen LogP contribution in [0.25, 0.3) is 10.9 Å². The number of pyridine rings is 1. The van der Waals surface area contributed by atoms with E-state index in [2.05, 4.69) is 28.2 Å². The van der Waals surface area contributed by atoms with Gasteiger partial charge in [-0.05, 0) is 36.1 Å². The van der Waals surface area contributed by atoms with Crippen molar-refractivity contribution in [2.24, 2.45) is 0 Å². The van der Waals surface area contributed by atoms with Crippen molar-refractivity contribution in [2.45, 2.75) is 12.3 Å². The maximum atomic E-state index is 12.5. The topological polar surface area (TPSA) is 49.0 Å². The van der Waals surface area contributed by atoms with Crippen molar-refractivity contribution >= 4 is 16.8 Å². The number of nitrogens with zero attached hydrogens (tertiary/aromatic N) is 2. The lowest BCUT2D eigenvalue weighted by atomic mass is 10.1. The molecule has 22 heavy (non-hydrogen) atoms. The van der Waals surface area contributed by atoms with Crippen LogP contribution >= 0.6 is 0 Å². The van der Waals surface area contributed by atoms with Crippen LogP contribution in [0.2, 0.25) is 0 Å². The predicted octanol–water partition coefficient (Wildman–Crippen LogP) is 3.19. The summed E-state index contributed by atoms with van der Waals surface area (Å²) in [6.45, 7) is 1.56. The van der Waals surface area contributed by atoms with Crippen LogP contribution < -0.4 is 0 Å². The first-order valence-corrected chi connectivity index (χ1v) is 7.58. The van der Waals surface area contributed by atoms with E-state index < -0.39 is 0 Å². The molecule has 1 unspecified atom stereocenters. The molecule has 0 spiro atoms. The van der Waals surface area contributed by atoms with Gasteiger partial charge in [-0.3, -0.25) is 9.78 Å². The Morgan fingerprint density at radius 1 is 1.23 bits per heavy atom. The van der Waals surface area contributed by atoms with Crippen LogP contribution in [0.4, 0.5) is 0 Å². The van der Waals surface area contributed by atoms with Gasteiger partial charge in [-0.15, -0.1) is 0 Å². The van der Waals surface area contributed by atoms with Crippen molar-refractivity contribution in [3.63, 3.8) is 0 Å². The number of aromatic nitrogens is 2. The zero-order valence-electron chi connectivity index (χ0n) is 12.2. The third-order valence-electron chi connectivity index (χ3n) is 4.37. The van der Waals surface area contributed by atoms with Crippen LogP contribution in [0.1, 0.15) is 28.4 Å². The van der Waals surface area contributed by atoms with Gasteiger partial charge < -0.3 is 9.88 Å². The number of para-hydroxylation sites is 1. The lowest BCUT2D eigenvalue weighted by Crippen LogP contribution is -2.28. The maximum Gasteiger partial charge on any atom is 0.255 e. The van der Waals surface area contributed by atoms with Crippen molar-refractivity contribution in [1.29, 1.82) is 0 Å². The lowest BCUT2D eigenvalue weighted by molar-refractivity contribution is 0.0790. The number of hydrogen-bond donors (Lipinski definition) is 1. The smallest absolute Gasteiger partial charge is 0.255 e. The molecule has 1 amide bonds. The Kier molecular flexibility index (Phi) is 3.15. The van der Waals surface area contributed by atoms with Gasteiger partial charge in [0.15, 0.2) is 0 Å². The normalized spacial score (nSPS) is 18.0. The van der Waals surface area contributed by atoms with Crippen molar-refractivity contribution < 1.29 is 4.79 Å². The maximum absolute atomic E-state index is 12.5. The predicted molar refractivity (Wildman–Crippen MR) is 85.8 cm³/mol. The Bertz CT molecular complexity index is 776. The monoisotopic (exact) mass is 291 g/mol. The standard InChI is InChI=1S/C18H17N3O/c22-18(14-5-3-8-19-11-14)21-9-7-15(12-21)17-10-13-4-1-2-6-16(13)20-17/h1-6,8,10-11,15,20H,7,9,12H2. The Morgan fingerprint density at radius 2 is 2.14 bits per heavy atom. The number of fused-ring (bicyclic) bond motifs is 1. The van der Waals surface area contributed by atoms with Crippen molar-refractivity contribution in [3.8, 4) is 0 Å². The van der Waals surface area contributed by atoms with E-state index in [1.807, 2.05) is 23.1 Å². The third kappa shape index (κ3) is 2.26. The summed E-state index contributed by atoms with van der Waals surface area (Å²) in [6.07, 6.45) is 4.32. The molecule has 110 valence electrons. The van der Waals surface area contributed by atoms with Gasteiger partial charge in [-0.2, -0.15) is 0 Å². The summed E-state index contributed by atoms with van der Waals surface area (Å²) < 4.78 is 0. The number of likely N-dealkylation sites (tertiary alicyclic amines) is 1. The van der Waals surface area contributed by atoms with Gasteiger partial charge in [0.2, 0.25) is 0 Å². The van der Waals surface area contributed by atoms with E-state index in [1.54, 1.807) is 18.5 Å². The Balaban J connectivity index is 1.53. The fraction of sp³-hybridized carbons (Fsp3) is 0.222. The van der Waals surface area contributed by atoms with E-state index in [1.165, 1.54) is 11.1 Å². The summed E-state index contributed by atoms with van der Waals surface area (Å²) in [4.78, 5) is 21.9. The number of nitrogens with one attached hydrogen (secondary N) is 1. The van der Waals surface area contributed by atoms with Crippen molar-refractivity contribution in [3.05, 3.63) is 66.1 Å². The molecule has 1 atom stereocenters. The average Bonchev–Trinajstić information content (AvgIpc) is 3.21. The van der Waals surface area contributed by atoms with Crippen LogP contribution in [-0.2, 0) is 0 Å². The van der Waals surface area contributed by atoms with Crippen LogP contribution in [0.15, 0.2) is 54.9 Å². The van der Waals surface area contributed by atoms with Gasteiger partial charge in [0.1, 0.15) is 0 Å². The van der Waals surface area contributed by atoms with Crippen LogP contribution in [-0.4, -0.2) is 33.9 Å². The molecule has 4 rings (SSSR count). The molecule has 1 aliphatic rings. The number of benzene rings is 1. The summed E-state index contributed by atoms with van der Waals surface area (Å²) in [7, 11) is 0. The largest absolute Gasteiger partial charge is 0.358 e. The second-order valence-corrected chi connectivity index (χ2v) is 5.79. The summed E-state index contributed by atoms with van der Waals surface area (Å²) >= 11 is 0. The average molecular weight is 291 g/mol. The second-order valence-electron chi connectivity index (χ2n) is 5.79. The van der Waals surface area contributed by atoms with E-state index in [4.69, 9.17) is 0 Å². The number of carbonyl (C=O) groups is 1. The molecule has 1 N–H and O–H groups in total. The number of aromatic amines is 1. The first-order valence-electron chi connectivity index (χ1n) is 7.58. The minimum atomic E-state index is 0.0757. The minimum absolute atomic E-state index is 0.0757. The summed E-state index contributed by atoms with van der Waals surface area (Å²) in [5.74, 6) is 0.458. The second kappa shape index (κ2) is 5.30.